The predicted octanol–water partition coefficient (Wildman–Crippen LogP) is 2.87. The van der Waals surface area contributed by atoms with E-state index < -0.39 is 10.0 Å². The van der Waals surface area contributed by atoms with Gasteiger partial charge in [-0.25, -0.2) is 13.4 Å². The summed E-state index contributed by atoms with van der Waals surface area (Å²) in [4.78, 5) is 9.26. The Labute approximate surface area is 164 Å². The third-order valence-corrected chi connectivity index (χ3v) is 7.32. The molecule has 0 radical (unpaired) electrons. The van der Waals surface area contributed by atoms with Gasteiger partial charge >= 0.3 is 0 Å². The molecule has 28 heavy (non-hydrogen) atoms. The number of nitrogens with zero attached hydrogens (tertiary/aromatic N) is 5. The molecule has 4 heterocycles. The molecule has 1 saturated heterocycles. The van der Waals surface area contributed by atoms with Gasteiger partial charge in [0.15, 0.2) is 5.76 Å². The molecule has 0 aliphatic carbocycles. The third kappa shape index (κ3) is 3.12. The number of aromatic nitrogens is 4. The summed E-state index contributed by atoms with van der Waals surface area (Å²) in [6.07, 6.45) is 4.31. The maximum atomic E-state index is 13.1. The highest BCUT2D eigenvalue weighted by atomic mass is 32.2. The van der Waals surface area contributed by atoms with E-state index in [1.165, 1.54) is 4.31 Å². The molecule has 150 valence electrons. The number of fused-ring (bicyclic) bond motifs is 1. The second-order valence-corrected chi connectivity index (χ2v) is 9.72. The molecule has 0 spiro atoms. The monoisotopic (exact) mass is 403 g/mol. The lowest BCUT2D eigenvalue weighted by Gasteiger charge is -2.18. The van der Waals surface area contributed by atoms with Crippen LogP contribution in [0.15, 0.2) is 27.9 Å². The molecule has 1 unspecified atom stereocenters. The summed E-state index contributed by atoms with van der Waals surface area (Å²) in [5, 5.41) is 3.80. The highest BCUT2D eigenvalue weighted by Gasteiger charge is 2.38. The number of pyridine rings is 1. The highest BCUT2D eigenvalue weighted by Crippen LogP contribution is 2.34. The van der Waals surface area contributed by atoms with Crippen LogP contribution in [0.2, 0.25) is 0 Å². The maximum Gasteiger partial charge on any atom is 0.248 e. The minimum absolute atomic E-state index is 0.0430. The van der Waals surface area contributed by atoms with Gasteiger partial charge in [0.1, 0.15) is 16.4 Å². The van der Waals surface area contributed by atoms with Crippen LogP contribution in [0.4, 0.5) is 0 Å². The summed E-state index contributed by atoms with van der Waals surface area (Å²) >= 11 is 0. The summed E-state index contributed by atoms with van der Waals surface area (Å²) < 4.78 is 35.1. The first-order chi connectivity index (χ1) is 13.3. The van der Waals surface area contributed by atoms with E-state index in [1.807, 2.05) is 12.3 Å². The van der Waals surface area contributed by atoms with Crippen LogP contribution in [0.3, 0.4) is 0 Å². The van der Waals surface area contributed by atoms with Gasteiger partial charge in [-0.1, -0.05) is 19.0 Å². The fourth-order valence-corrected chi connectivity index (χ4v) is 5.78. The van der Waals surface area contributed by atoms with Crippen LogP contribution >= 0.6 is 0 Å². The topological polar surface area (TPSA) is 94.1 Å². The largest absolute Gasteiger partial charge is 0.360 e. The van der Waals surface area contributed by atoms with Crippen molar-refractivity contribution in [1.82, 2.24) is 24.0 Å². The lowest BCUT2D eigenvalue weighted by Crippen LogP contribution is -2.29. The quantitative estimate of drug-likeness (QED) is 0.650. The fourth-order valence-electron chi connectivity index (χ4n) is 3.99. The van der Waals surface area contributed by atoms with Crippen LogP contribution in [0.5, 0.6) is 0 Å². The van der Waals surface area contributed by atoms with Gasteiger partial charge in [-0.15, -0.1) is 0 Å². The van der Waals surface area contributed by atoms with Gasteiger partial charge in [0.2, 0.25) is 10.0 Å². The molecule has 3 aromatic rings. The van der Waals surface area contributed by atoms with Crippen LogP contribution in [-0.2, 0) is 16.6 Å². The zero-order valence-corrected chi connectivity index (χ0v) is 17.4. The van der Waals surface area contributed by atoms with Crippen LogP contribution in [-0.4, -0.2) is 45.5 Å². The zero-order chi connectivity index (χ0) is 20.1. The van der Waals surface area contributed by atoms with E-state index in [9.17, 15) is 8.42 Å². The molecule has 1 atom stereocenters. The highest BCUT2D eigenvalue weighted by molar-refractivity contribution is 7.89. The van der Waals surface area contributed by atoms with Crippen molar-refractivity contribution in [2.75, 3.05) is 13.1 Å². The summed E-state index contributed by atoms with van der Waals surface area (Å²) in [6, 6.07) is 1.91. The van der Waals surface area contributed by atoms with Gasteiger partial charge in [0, 0.05) is 31.7 Å². The van der Waals surface area contributed by atoms with Gasteiger partial charge in [-0.2, -0.15) is 4.31 Å². The average Bonchev–Trinajstić information content (AvgIpc) is 3.33. The molecule has 0 saturated carbocycles. The molecule has 0 N–H and O–H groups in total. The Morgan fingerprint density at radius 2 is 2.11 bits per heavy atom. The van der Waals surface area contributed by atoms with Crippen molar-refractivity contribution in [3.05, 3.63) is 35.7 Å². The molecule has 9 heteroatoms. The Hall–Kier alpha value is -2.26. The maximum absolute atomic E-state index is 13.1. The molecule has 1 aliphatic rings. The van der Waals surface area contributed by atoms with Gasteiger partial charge < -0.3 is 9.09 Å². The van der Waals surface area contributed by atoms with Gasteiger partial charge in [0.05, 0.1) is 17.2 Å². The van der Waals surface area contributed by atoms with Crippen molar-refractivity contribution in [3.8, 4) is 0 Å². The molecule has 3 aromatic heterocycles. The predicted molar refractivity (Wildman–Crippen MR) is 104 cm³/mol. The number of rotatable bonds is 5. The lowest BCUT2D eigenvalue weighted by molar-refractivity contribution is 0.389. The van der Waals surface area contributed by atoms with E-state index in [0.717, 1.165) is 29.8 Å². The fraction of sp³-hybridized carbons (Fsp3) is 0.526. The summed E-state index contributed by atoms with van der Waals surface area (Å²) in [5.41, 5.74) is 2.30. The Bertz CT molecular complexity index is 1100. The Kier molecular flexibility index (Phi) is 4.75. The Morgan fingerprint density at radius 1 is 1.32 bits per heavy atom. The number of hydrogen-bond acceptors (Lipinski definition) is 6. The second-order valence-electron chi connectivity index (χ2n) is 7.84. The van der Waals surface area contributed by atoms with E-state index in [-0.39, 0.29) is 10.8 Å². The summed E-state index contributed by atoms with van der Waals surface area (Å²) in [7, 11) is -3.64. The molecule has 4 rings (SSSR count). The molecule has 0 amide bonds. The van der Waals surface area contributed by atoms with Crippen LogP contribution in [0, 0.1) is 19.8 Å². The number of imidazole rings is 1. The Morgan fingerprint density at radius 3 is 2.79 bits per heavy atom. The molecule has 0 aromatic carbocycles. The number of hydrogen-bond donors (Lipinski definition) is 0. The van der Waals surface area contributed by atoms with Crippen molar-refractivity contribution in [1.29, 1.82) is 0 Å². The smallest absolute Gasteiger partial charge is 0.248 e. The molecule has 1 fully saturated rings. The standard InChI is InChI=1S/C19H25N5O3S/c1-12(2)10-24-17-9-20-7-5-16(17)21-19(24)15-6-8-23(11-15)28(25,26)18-13(3)22-27-14(18)4/h5,7,9,12,15H,6,8,10-11H2,1-4H3. The normalized spacial score (nSPS) is 18.5. The minimum atomic E-state index is -3.64. The molecule has 8 nitrogen and oxygen atoms in total. The van der Waals surface area contributed by atoms with Crippen molar-refractivity contribution in [2.24, 2.45) is 5.92 Å². The van der Waals surface area contributed by atoms with Crippen LogP contribution in [0.25, 0.3) is 11.0 Å². The van der Waals surface area contributed by atoms with Crippen molar-refractivity contribution in [3.63, 3.8) is 0 Å². The van der Waals surface area contributed by atoms with E-state index in [0.29, 0.717) is 30.5 Å². The first kappa shape index (κ1) is 19.1. The zero-order valence-electron chi connectivity index (χ0n) is 16.6. The van der Waals surface area contributed by atoms with Gasteiger partial charge in [-0.3, -0.25) is 4.98 Å². The molecular weight excluding hydrogens is 378 g/mol. The molecule has 1 aliphatic heterocycles. The first-order valence-corrected chi connectivity index (χ1v) is 11.0. The second kappa shape index (κ2) is 6.97. The molecular formula is C19H25N5O3S. The number of sulfonamides is 1. The van der Waals surface area contributed by atoms with E-state index in [1.54, 1.807) is 20.0 Å². The van der Waals surface area contributed by atoms with E-state index in [4.69, 9.17) is 9.51 Å². The van der Waals surface area contributed by atoms with Gasteiger partial charge in [0.25, 0.3) is 0 Å². The molecule has 0 bridgehead atoms. The first-order valence-electron chi connectivity index (χ1n) is 9.52. The summed E-state index contributed by atoms with van der Waals surface area (Å²) in [6.45, 7) is 9.30. The number of aryl methyl sites for hydroxylation is 2. The third-order valence-electron chi connectivity index (χ3n) is 5.21. The average molecular weight is 404 g/mol. The van der Waals surface area contributed by atoms with E-state index >= 15 is 0 Å². The van der Waals surface area contributed by atoms with Crippen molar-refractivity contribution >= 4 is 21.1 Å². The van der Waals surface area contributed by atoms with Crippen LogP contribution in [0.1, 0.15) is 43.5 Å². The van der Waals surface area contributed by atoms with Gasteiger partial charge in [-0.05, 0) is 32.3 Å². The van der Waals surface area contributed by atoms with Crippen molar-refractivity contribution in [2.45, 2.75) is 51.5 Å². The lowest BCUT2D eigenvalue weighted by atomic mass is 10.1. The van der Waals surface area contributed by atoms with Crippen LogP contribution < -0.4 is 0 Å². The Balaban J connectivity index is 1.68. The minimum Gasteiger partial charge on any atom is -0.360 e. The SMILES string of the molecule is Cc1noc(C)c1S(=O)(=O)N1CCC(c2nc3ccncc3n2CC(C)C)C1. The summed E-state index contributed by atoms with van der Waals surface area (Å²) in [5.74, 6) is 1.76. The van der Waals surface area contributed by atoms with E-state index in [2.05, 4.69) is 28.6 Å². The van der Waals surface area contributed by atoms with Crippen molar-refractivity contribution < 1.29 is 12.9 Å².